The second-order valence-electron chi connectivity index (χ2n) is 4.33. The van der Waals surface area contributed by atoms with E-state index in [1.54, 1.807) is 29.6 Å². The van der Waals surface area contributed by atoms with Gasteiger partial charge in [0.05, 0.1) is 17.2 Å². The highest BCUT2D eigenvalue weighted by atomic mass is 35.5. The third-order valence-corrected chi connectivity index (χ3v) is 4.39. The SMILES string of the molecule is N#Cc1ccsc1NC(=O)CCCOc1cccc(Cl)c1Cl. The van der Waals surface area contributed by atoms with Crippen LogP contribution in [-0.2, 0) is 4.79 Å². The van der Waals surface area contributed by atoms with Crippen molar-refractivity contribution < 1.29 is 9.53 Å². The van der Waals surface area contributed by atoms with Crippen molar-refractivity contribution in [2.24, 2.45) is 0 Å². The number of carbonyl (C=O) groups excluding carboxylic acids is 1. The lowest BCUT2D eigenvalue weighted by molar-refractivity contribution is -0.116. The minimum Gasteiger partial charge on any atom is -0.492 e. The van der Waals surface area contributed by atoms with Crippen molar-refractivity contribution in [3.63, 3.8) is 0 Å². The summed E-state index contributed by atoms with van der Waals surface area (Å²) in [5.41, 5.74) is 0.473. The zero-order chi connectivity index (χ0) is 15.9. The molecule has 0 atom stereocenters. The van der Waals surface area contributed by atoms with Gasteiger partial charge in [0.25, 0.3) is 0 Å². The van der Waals surface area contributed by atoms with Gasteiger partial charge in [-0.05, 0) is 30.0 Å². The molecule has 0 aliphatic carbocycles. The fourth-order valence-electron chi connectivity index (χ4n) is 1.69. The van der Waals surface area contributed by atoms with Gasteiger partial charge >= 0.3 is 0 Å². The van der Waals surface area contributed by atoms with Crippen LogP contribution in [0.1, 0.15) is 18.4 Å². The Morgan fingerprint density at radius 3 is 2.95 bits per heavy atom. The predicted octanol–water partition coefficient (Wildman–Crippen LogP) is 4.72. The van der Waals surface area contributed by atoms with Gasteiger partial charge in [0.1, 0.15) is 21.8 Å². The van der Waals surface area contributed by atoms with E-state index in [2.05, 4.69) is 5.32 Å². The van der Waals surface area contributed by atoms with Gasteiger partial charge in [0, 0.05) is 6.42 Å². The van der Waals surface area contributed by atoms with Gasteiger partial charge in [0.2, 0.25) is 5.91 Å². The van der Waals surface area contributed by atoms with Gasteiger partial charge in [-0.15, -0.1) is 11.3 Å². The Hall–Kier alpha value is -1.74. The Bertz CT molecular complexity index is 710. The van der Waals surface area contributed by atoms with Gasteiger partial charge in [-0.25, -0.2) is 0 Å². The average molecular weight is 355 g/mol. The number of thiophene rings is 1. The molecule has 1 aromatic heterocycles. The molecular weight excluding hydrogens is 343 g/mol. The summed E-state index contributed by atoms with van der Waals surface area (Å²) in [6.45, 7) is 0.350. The van der Waals surface area contributed by atoms with Crippen LogP contribution in [0, 0.1) is 11.3 Å². The number of rotatable bonds is 6. The number of ether oxygens (including phenoxy) is 1. The first-order valence-corrected chi connectivity index (χ1v) is 8.09. The van der Waals surface area contributed by atoms with E-state index in [0.29, 0.717) is 45.8 Å². The normalized spacial score (nSPS) is 10.0. The monoisotopic (exact) mass is 354 g/mol. The van der Waals surface area contributed by atoms with Gasteiger partial charge in [-0.3, -0.25) is 4.79 Å². The Labute approximate surface area is 142 Å². The van der Waals surface area contributed by atoms with Gasteiger partial charge in [0.15, 0.2) is 0 Å². The molecule has 0 unspecified atom stereocenters. The summed E-state index contributed by atoms with van der Waals surface area (Å²) in [4.78, 5) is 11.8. The Kier molecular flexibility index (Phi) is 6.08. The first kappa shape index (κ1) is 16.6. The number of benzene rings is 1. The zero-order valence-electron chi connectivity index (χ0n) is 11.4. The molecule has 0 fully saturated rings. The van der Waals surface area contributed by atoms with Crippen LogP contribution in [0.15, 0.2) is 29.6 Å². The molecular formula is C15H12Cl2N2O2S. The molecule has 2 aromatic rings. The number of hydrogen-bond acceptors (Lipinski definition) is 4. The molecule has 0 saturated heterocycles. The summed E-state index contributed by atoms with van der Waals surface area (Å²) >= 11 is 13.2. The largest absolute Gasteiger partial charge is 0.492 e. The highest BCUT2D eigenvalue weighted by Gasteiger charge is 2.09. The maximum atomic E-state index is 11.8. The third kappa shape index (κ3) is 4.38. The highest BCUT2D eigenvalue weighted by molar-refractivity contribution is 7.14. The molecule has 1 heterocycles. The molecule has 0 aliphatic heterocycles. The fourth-order valence-corrected chi connectivity index (χ4v) is 2.79. The average Bonchev–Trinajstić information content (AvgIpc) is 2.94. The molecule has 7 heteroatoms. The van der Waals surface area contributed by atoms with E-state index >= 15 is 0 Å². The van der Waals surface area contributed by atoms with Gasteiger partial charge < -0.3 is 10.1 Å². The second kappa shape index (κ2) is 8.04. The molecule has 0 radical (unpaired) electrons. The van der Waals surface area contributed by atoms with Crippen LogP contribution in [0.2, 0.25) is 10.0 Å². The van der Waals surface area contributed by atoms with E-state index in [-0.39, 0.29) is 5.91 Å². The van der Waals surface area contributed by atoms with Crippen LogP contribution in [-0.4, -0.2) is 12.5 Å². The molecule has 0 bridgehead atoms. The van der Waals surface area contributed by atoms with Crippen molar-refractivity contribution in [2.75, 3.05) is 11.9 Å². The maximum absolute atomic E-state index is 11.8. The van der Waals surface area contributed by atoms with Crippen molar-refractivity contribution in [2.45, 2.75) is 12.8 Å². The summed E-state index contributed by atoms with van der Waals surface area (Å²) in [7, 11) is 0. The van der Waals surface area contributed by atoms with Crippen LogP contribution < -0.4 is 10.1 Å². The standard InChI is InChI=1S/C15H12Cl2N2O2S/c16-11-3-1-4-12(14(11)17)21-7-2-5-13(20)19-15-10(9-18)6-8-22-15/h1,3-4,6,8H,2,5,7H2,(H,19,20). The van der Waals surface area contributed by atoms with E-state index in [1.165, 1.54) is 11.3 Å². The summed E-state index contributed by atoms with van der Waals surface area (Å²) in [5.74, 6) is 0.347. The van der Waals surface area contributed by atoms with Gasteiger partial charge in [-0.1, -0.05) is 29.3 Å². The minimum absolute atomic E-state index is 0.153. The zero-order valence-corrected chi connectivity index (χ0v) is 13.8. The number of halogens is 2. The topological polar surface area (TPSA) is 62.1 Å². The highest BCUT2D eigenvalue weighted by Crippen LogP contribution is 2.31. The number of hydrogen-bond donors (Lipinski definition) is 1. The summed E-state index contributed by atoms with van der Waals surface area (Å²) < 4.78 is 5.50. The smallest absolute Gasteiger partial charge is 0.225 e. The number of carbonyl (C=O) groups is 1. The van der Waals surface area contributed by atoms with Crippen LogP contribution in [0.5, 0.6) is 5.75 Å². The van der Waals surface area contributed by atoms with E-state index in [1.807, 2.05) is 6.07 Å². The molecule has 114 valence electrons. The number of amides is 1. The predicted molar refractivity (Wildman–Crippen MR) is 88.9 cm³/mol. The van der Waals surface area contributed by atoms with E-state index in [4.69, 9.17) is 33.2 Å². The van der Waals surface area contributed by atoms with Crippen molar-refractivity contribution in [3.8, 4) is 11.8 Å². The number of nitrogens with one attached hydrogen (secondary N) is 1. The minimum atomic E-state index is -0.153. The Morgan fingerprint density at radius 2 is 2.18 bits per heavy atom. The molecule has 1 aromatic carbocycles. The van der Waals surface area contributed by atoms with Crippen LogP contribution in [0.4, 0.5) is 5.00 Å². The molecule has 1 amide bonds. The molecule has 0 spiro atoms. The van der Waals surface area contributed by atoms with E-state index in [0.717, 1.165) is 0 Å². The first-order chi connectivity index (χ1) is 10.6. The molecule has 1 N–H and O–H groups in total. The number of nitriles is 1. The van der Waals surface area contributed by atoms with Crippen molar-refractivity contribution in [3.05, 3.63) is 45.3 Å². The number of nitrogens with zero attached hydrogens (tertiary/aromatic N) is 1. The second-order valence-corrected chi connectivity index (χ2v) is 6.03. The molecule has 2 rings (SSSR count). The van der Waals surface area contributed by atoms with Crippen molar-refractivity contribution >= 4 is 45.4 Å². The lowest BCUT2D eigenvalue weighted by Crippen LogP contribution is -2.12. The summed E-state index contributed by atoms with van der Waals surface area (Å²) in [5, 5.41) is 14.7. The summed E-state index contributed by atoms with van der Waals surface area (Å²) in [6, 6.07) is 8.84. The van der Waals surface area contributed by atoms with Crippen LogP contribution in [0.25, 0.3) is 0 Å². The maximum Gasteiger partial charge on any atom is 0.225 e. The lowest BCUT2D eigenvalue weighted by Gasteiger charge is -2.08. The molecule has 0 aliphatic rings. The Balaban J connectivity index is 1.76. The van der Waals surface area contributed by atoms with Crippen molar-refractivity contribution in [1.29, 1.82) is 5.26 Å². The van der Waals surface area contributed by atoms with Crippen molar-refractivity contribution in [1.82, 2.24) is 0 Å². The Morgan fingerprint density at radius 1 is 1.36 bits per heavy atom. The molecule has 4 nitrogen and oxygen atoms in total. The lowest BCUT2D eigenvalue weighted by atomic mass is 10.3. The van der Waals surface area contributed by atoms with Crippen LogP contribution >= 0.6 is 34.5 Å². The van der Waals surface area contributed by atoms with Gasteiger partial charge in [-0.2, -0.15) is 5.26 Å². The van der Waals surface area contributed by atoms with Crippen LogP contribution in [0.3, 0.4) is 0 Å². The number of anilines is 1. The first-order valence-electron chi connectivity index (χ1n) is 6.46. The third-order valence-electron chi connectivity index (χ3n) is 2.76. The summed E-state index contributed by atoms with van der Waals surface area (Å²) in [6.07, 6.45) is 0.822. The molecule has 22 heavy (non-hydrogen) atoms. The van der Waals surface area contributed by atoms with E-state index < -0.39 is 0 Å². The fraction of sp³-hybridized carbons (Fsp3) is 0.200. The molecule has 0 saturated carbocycles. The quantitative estimate of drug-likeness (QED) is 0.763. The van der Waals surface area contributed by atoms with E-state index in [9.17, 15) is 4.79 Å².